The zero-order valence-corrected chi connectivity index (χ0v) is 15.0. The van der Waals surface area contributed by atoms with Gasteiger partial charge >= 0.3 is 0 Å². The number of benzene rings is 3. The van der Waals surface area contributed by atoms with Crippen LogP contribution < -0.4 is 10.1 Å². The molecule has 0 aliphatic rings. The zero-order valence-electron chi connectivity index (χ0n) is 15.0. The SMILES string of the molecule is O=C(COc1ccccc1Cc1ccccc1)NCC(O)c1ccccc1. The maximum Gasteiger partial charge on any atom is 0.258 e. The van der Waals surface area contributed by atoms with Crippen molar-refractivity contribution >= 4 is 5.91 Å². The maximum atomic E-state index is 12.1. The molecule has 3 rings (SSSR count). The molecule has 1 atom stereocenters. The molecule has 3 aromatic rings. The summed E-state index contributed by atoms with van der Waals surface area (Å²) in [6.45, 7) is 0.0607. The molecule has 1 amide bonds. The highest BCUT2D eigenvalue weighted by Gasteiger charge is 2.11. The summed E-state index contributed by atoms with van der Waals surface area (Å²) in [6.07, 6.45) is 0.00579. The van der Waals surface area contributed by atoms with Crippen molar-refractivity contribution in [3.05, 3.63) is 102 Å². The van der Waals surface area contributed by atoms with Gasteiger partial charge in [0.1, 0.15) is 5.75 Å². The molecular formula is C23H23NO3. The van der Waals surface area contributed by atoms with Crippen molar-refractivity contribution in [1.29, 1.82) is 0 Å². The molecule has 2 N–H and O–H groups in total. The Bertz CT molecular complexity index is 850. The Morgan fingerprint density at radius 2 is 1.52 bits per heavy atom. The highest BCUT2D eigenvalue weighted by molar-refractivity contribution is 5.77. The van der Waals surface area contributed by atoms with E-state index in [1.807, 2.05) is 72.8 Å². The van der Waals surface area contributed by atoms with Crippen LogP contribution in [0, 0.1) is 0 Å². The first-order valence-electron chi connectivity index (χ1n) is 8.96. The summed E-state index contributed by atoms with van der Waals surface area (Å²) in [5.74, 6) is 0.430. The van der Waals surface area contributed by atoms with E-state index in [1.165, 1.54) is 5.56 Å². The van der Waals surface area contributed by atoms with E-state index < -0.39 is 6.10 Å². The number of ether oxygens (including phenoxy) is 1. The number of nitrogens with one attached hydrogen (secondary N) is 1. The molecule has 0 fully saturated rings. The number of para-hydroxylation sites is 1. The second kappa shape index (κ2) is 9.55. The minimum Gasteiger partial charge on any atom is -0.483 e. The summed E-state index contributed by atoms with van der Waals surface area (Å²) in [7, 11) is 0. The van der Waals surface area contributed by atoms with Crippen molar-refractivity contribution in [2.45, 2.75) is 12.5 Å². The van der Waals surface area contributed by atoms with Gasteiger partial charge in [0.15, 0.2) is 6.61 Å². The number of amides is 1. The lowest BCUT2D eigenvalue weighted by atomic mass is 10.0. The fourth-order valence-electron chi connectivity index (χ4n) is 2.80. The molecule has 4 heteroatoms. The summed E-state index contributed by atoms with van der Waals surface area (Å²) in [6, 6.07) is 27.1. The molecule has 27 heavy (non-hydrogen) atoms. The number of aliphatic hydroxyl groups is 1. The maximum absolute atomic E-state index is 12.1. The van der Waals surface area contributed by atoms with Crippen molar-refractivity contribution in [2.75, 3.05) is 13.2 Å². The van der Waals surface area contributed by atoms with E-state index in [0.717, 1.165) is 17.5 Å². The van der Waals surface area contributed by atoms with Crippen LogP contribution >= 0.6 is 0 Å². The van der Waals surface area contributed by atoms with Gasteiger partial charge < -0.3 is 15.2 Å². The molecule has 0 aromatic heterocycles. The molecule has 1 unspecified atom stereocenters. The predicted molar refractivity (Wildman–Crippen MR) is 106 cm³/mol. The van der Waals surface area contributed by atoms with E-state index in [2.05, 4.69) is 17.4 Å². The Labute approximate surface area is 159 Å². The number of carbonyl (C=O) groups is 1. The van der Waals surface area contributed by atoms with E-state index >= 15 is 0 Å². The highest BCUT2D eigenvalue weighted by Crippen LogP contribution is 2.21. The Hall–Kier alpha value is -3.11. The van der Waals surface area contributed by atoms with Crippen molar-refractivity contribution in [1.82, 2.24) is 5.32 Å². The topological polar surface area (TPSA) is 58.6 Å². The normalized spacial score (nSPS) is 11.6. The van der Waals surface area contributed by atoms with Crippen LogP contribution in [-0.4, -0.2) is 24.2 Å². The number of rotatable bonds is 8. The molecule has 0 saturated carbocycles. The number of hydrogen-bond acceptors (Lipinski definition) is 3. The van der Waals surface area contributed by atoms with Crippen LogP contribution in [0.15, 0.2) is 84.9 Å². The average molecular weight is 361 g/mol. The lowest BCUT2D eigenvalue weighted by Gasteiger charge is -2.14. The third-order valence-corrected chi connectivity index (χ3v) is 4.25. The quantitative estimate of drug-likeness (QED) is 0.646. The van der Waals surface area contributed by atoms with Gasteiger partial charge in [0.2, 0.25) is 0 Å². The smallest absolute Gasteiger partial charge is 0.258 e. The molecule has 3 aromatic carbocycles. The van der Waals surface area contributed by atoms with Crippen molar-refractivity contribution in [3.63, 3.8) is 0 Å². The van der Waals surface area contributed by atoms with Crippen LogP contribution in [0.4, 0.5) is 0 Å². The van der Waals surface area contributed by atoms with Crippen LogP contribution in [-0.2, 0) is 11.2 Å². The molecule has 0 bridgehead atoms. The molecule has 0 spiro atoms. The standard InChI is InChI=1S/C23H23NO3/c25-21(19-11-5-2-6-12-19)16-24-23(26)17-27-22-14-8-7-13-20(22)15-18-9-3-1-4-10-18/h1-14,21,25H,15-17H2,(H,24,26). The van der Waals surface area contributed by atoms with Crippen molar-refractivity contribution < 1.29 is 14.6 Å². The lowest BCUT2D eigenvalue weighted by Crippen LogP contribution is -2.32. The highest BCUT2D eigenvalue weighted by atomic mass is 16.5. The van der Waals surface area contributed by atoms with Gasteiger partial charge in [-0.3, -0.25) is 4.79 Å². The second-order valence-electron chi connectivity index (χ2n) is 6.29. The Kier molecular flexibility index (Phi) is 6.61. The van der Waals surface area contributed by atoms with Crippen molar-refractivity contribution in [3.8, 4) is 5.75 Å². The van der Waals surface area contributed by atoms with Crippen LogP contribution in [0.3, 0.4) is 0 Å². The molecule has 4 nitrogen and oxygen atoms in total. The van der Waals surface area contributed by atoms with Crippen LogP contribution in [0.25, 0.3) is 0 Å². The van der Waals surface area contributed by atoms with Crippen LogP contribution in [0.2, 0.25) is 0 Å². The van der Waals surface area contributed by atoms with Gasteiger partial charge in [-0.05, 0) is 22.8 Å². The summed E-state index contributed by atoms with van der Waals surface area (Å²) in [4.78, 5) is 12.1. The number of aliphatic hydroxyl groups excluding tert-OH is 1. The van der Waals surface area contributed by atoms with Gasteiger partial charge in [-0.25, -0.2) is 0 Å². The van der Waals surface area contributed by atoms with Gasteiger partial charge in [0.25, 0.3) is 5.91 Å². The van der Waals surface area contributed by atoms with E-state index in [-0.39, 0.29) is 19.1 Å². The minimum absolute atomic E-state index is 0.0900. The molecule has 0 radical (unpaired) electrons. The van der Waals surface area contributed by atoms with E-state index in [0.29, 0.717) is 5.75 Å². The van der Waals surface area contributed by atoms with Gasteiger partial charge in [-0.2, -0.15) is 0 Å². The fourth-order valence-corrected chi connectivity index (χ4v) is 2.80. The van der Waals surface area contributed by atoms with Crippen LogP contribution in [0.1, 0.15) is 22.8 Å². The zero-order chi connectivity index (χ0) is 18.9. The Balaban J connectivity index is 1.52. The third-order valence-electron chi connectivity index (χ3n) is 4.25. The molecule has 0 aliphatic carbocycles. The van der Waals surface area contributed by atoms with E-state index in [4.69, 9.17) is 4.74 Å². The van der Waals surface area contributed by atoms with Gasteiger partial charge in [-0.1, -0.05) is 78.9 Å². The van der Waals surface area contributed by atoms with Gasteiger partial charge in [-0.15, -0.1) is 0 Å². The monoisotopic (exact) mass is 361 g/mol. The molecule has 0 saturated heterocycles. The number of hydrogen-bond donors (Lipinski definition) is 2. The van der Waals surface area contributed by atoms with Gasteiger partial charge in [0.05, 0.1) is 6.10 Å². The minimum atomic E-state index is -0.736. The largest absolute Gasteiger partial charge is 0.483 e. The first-order chi connectivity index (χ1) is 13.2. The fraction of sp³-hybridized carbons (Fsp3) is 0.174. The average Bonchev–Trinajstić information content (AvgIpc) is 2.73. The molecule has 0 aliphatic heterocycles. The molecular weight excluding hydrogens is 338 g/mol. The Morgan fingerprint density at radius 3 is 2.26 bits per heavy atom. The molecule has 0 heterocycles. The third kappa shape index (κ3) is 5.69. The summed E-state index contributed by atoms with van der Waals surface area (Å²) in [5, 5.41) is 12.8. The van der Waals surface area contributed by atoms with E-state index in [1.54, 1.807) is 0 Å². The number of carbonyl (C=O) groups excluding carboxylic acids is 1. The first-order valence-corrected chi connectivity index (χ1v) is 8.96. The van der Waals surface area contributed by atoms with Crippen molar-refractivity contribution in [2.24, 2.45) is 0 Å². The summed E-state index contributed by atoms with van der Waals surface area (Å²) < 4.78 is 5.72. The summed E-state index contributed by atoms with van der Waals surface area (Å²) >= 11 is 0. The predicted octanol–water partition coefficient (Wildman–Crippen LogP) is 3.51. The second-order valence-corrected chi connectivity index (χ2v) is 6.29. The molecule has 138 valence electrons. The van der Waals surface area contributed by atoms with Crippen LogP contribution in [0.5, 0.6) is 5.75 Å². The first kappa shape index (κ1) is 18.7. The Morgan fingerprint density at radius 1 is 0.889 bits per heavy atom. The van der Waals surface area contributed by atoms with E-state index in [9.17, 15) is 9.90 Å². The van der Waals surface area contributed by atoms with Gasteiger partial charge in [0, 0.05) is 13.0 Å². The summed E-state index contributed by atoms with van der Waals surface area (Å²) in [5.41, 5.74) is 2.98. The lowest BCUT2D eigenvalue weighted by molar-refractivity contribution is -0.123.